The number of hydrogen-bond donors (Lipinski definition) is 1. The van der Waals surface area contributed by atoms with Crippen molar-refractivity contribution in [3.63, 3.8) is 0 Å². The quantitative estimate of drug-likeness (QED) is 0.866. The van der Waals surface area contributed by atoms with E-state index in [0.29, 0.717) is 22.5 Å². The van der Waals surface area contributed by atoms with E-state index in [-0.39, 0.29) is 4.90 Å². The largest absolute Gasteiger partial charge is 0.278 e. The summed E-state index contributed by atoms with van der Waals surface area (Å²) in [7, 11) is -3.62. The number of sulfonamides is 1. The Balaban J connectivity index is 2.29. The van der Waals surface area contributed by atoms with Crippen molar-refractivity contribution in [3.8, 4) is 0 Å². The zero-order valence-electron chi connectivity index (χ0n) is 12.1. The van der Waals surface area contributed by atoms with Gasteiger partial charge in [-0.3, -0.25) is 4.72 Å². The maximum atomic E-state index is 12.3. The van der Waals surface area contributed by atoms with Gasteiger partial charge in [-0.2, -0.15) is 0 Å². The van der Waals surface area contributed by atoms with Gasteiger partial charge in [0, 0.05) is 0 Å². The Bertz CT molecular complexity index is 741. The molecule has 112 valence electrons. The number of anilines is 1. The Kier molecular flexibility index (Phi) is 4.54. The number of nitrogens with one attached hydrogen (secondary N) is 1. The van der Waals surface area contributed by atoms with Crippen molar-refractivity contribution in [1.29, 1.82) is 0 Å². The van der Waals surface area contributed by atoms with E-state index in [1.54, 1.807) is 31.2 Å². The van der Waals surface area contributed by atoms with Crippen molar-refractivity contribution in [3.05, 3.63) is 52.8 Å². The Labute approximate surface area is 130 Å². The molecule has 1 aromatic heterocycles. The minimum Gasteiger partial charge on any atom is -0.278 e. The summed E-state index contributed by atoms with van der Waals surface area (Å²) in [5.41, 5.74) is 2.05. The van der Waals surface area contributed by atoms with Crippen LogP contribution in [0.1, 0.15) is 31.0 Å². The second-order valence-corrected chi connectivity index (χ2v) is 7.17. The van der Waals surface area contributed by atoms with E-state index >= 15 is 0 Å². The van der Waals surface area contributed by atoms with Crippen LogP contribution < -0.4 is 4.72 Å². The van der Waals surface area contributed by atoms with Crippen molar-refractivity contribution < 1.29 is 8.42 Å². The van der Waals surface area contributed by atoms with Gasteiger partial charge in [0.05, 0.1) is 16.3 Å². The summed E-state index contributed by atoms with van der Waals surface area (Å²) in [5, 5.41) is 0.330. The Morgan fingerprint density at radius 3 is 2.24 bits per heavy atom. The summed E-state index contributed by atoms with van der Waals surface area (Å²) in [4.78, 5) is 4.25. The van der Waals surface area contributed by atoms with Gasteiger partial charge in [0.15, 0.2) is 0 Å². The van der Waals surface area contributed by atoms with Gasteiger partial charge in [-0.15, -0.1) is 0 Å². The fourth-order valence-corrected chi connectivity index (χ4v) is 3.18. The average molecular weight is 325 g/mol. The van der Waals surface area contributed by atoms with Crippen LogP contribution in [0.3, 0.4) is 0 Å². The molecule has 1 aromatic carbocycles. The predicted molar refractivity (Wildman–Crippen MR) is 85.3 cm³/mol. The molecule has 0 saturated heterocycles. The third kappa shape index (κ3) is 3.74. The van der Waals surface area contributed by atoms with E-state index in [2.05, 4.69) is 23.6 Å². The summed E-state index contributed by atoms with van der Waals surface area (Å²) in [6, 6.07) is 10.0. The molecular formula is C15H17ClN2O2S. The molecule has 0 spiro atoms. The highest BCUT2D eigenvalue weighted by atomic mass is 35.5. The van der Waals surface area contributed by atoms with Crippen LogP contribution in [0.5, 0.6) is 0 Å². The molecule has 0 atom stereocenters. The number of benzene rings is 1. The highest BCUT2D eigenvalue weighted by Gasteiger charge is 2.16. The standard InChI is InChI=1S/C15H17ClN2O2S/c1-10(2)12-4-6-13(7-5-12)21(19,20)18-14-8-9-15(16)17-11(14)3/h4-10,18H,1-3H3. The van der Waals surface area contributed by atoms with Crippen molar-refractivity contribution in [2.24, 2.45) is 0 Å². The molecule has 2 rings (SSSR count). The summed E-state index contributed by atoms with van der Waals surface area (Å²) in [5.74, 6) is 0.359. The van der Waals surface area contributed by atoms with Gasteiger partial charge in [0.25, 0.3) is 10.0 Å². The molecule has 0 aliphatic heterocycles. The monoisotopic (exact) mass is 324 g/mol. The normalized spacial score (nSPS) is 11.7. The number of nitrogens with zero attached hydrogens (tertiary/aromatic N) is 1. The molecule has 0 radical (unpaired) electrons. The molecule has 21 heavy (non-hydrogen) atoms. The molecule has 2 aromatic rings. The van der Waals surface area contributed by atoms with Crippen molar-refractivity contribution in [2.75, 3.05) is 4.72 Å². The molecule has 4 nitrogen and oxygen atoms in total. The predicted octanol–water partition coefficient (Wildman–Crippen LogP) is 3.97. The first kappa shape index (κ1) is 15.8. The number of pyridine rings is 1. The number of aryl methyl sites for hydroxylation is 1. The molecule has 0 amide bonds. The van der Waals surface area contributed by atoms with Gasteiger partial charge in [0.1, 0.15) is 5.15 Å². The van der Waals surface area contributed by atoms with Gasteiger partial charge < -0.3 is 0 Å². The summed E-state index contributed by atoms with van der Waals surface area (Å²) >= 11 is 5.76. The highest BCUT2D eigenvalue weighted by molar-refractivity contribution is 7.92. The van der Waals surface area contributed by atoms with Crippen LogP contribution in [0.4, 0.5) is 5.69 Å². The lowest BCUT2D eigenvalue weighted by molar-refractivity contribution is 0.601. The Morgan fingerprint density at radius 1 is 1.10 bits per heavy atom. The Hall–Kier alpha value is -1.59. The van der Waals surface area contributed by atoms with Crippen molar-refractivity contribution in [2.45, 2.75) is 31.6 Å². The number of hydrogen-bond acceptors (Lipinski definition) is 3. The lowest BCUT2D eigenvalue weighted by Crippen LogP contribution is -2.14. The zero-order chi connectivity index (χ0) is 15.6. The first-order valence-corrected chi connectivity index (χ1v) is 8.41. The molecule has 0 aliphatic carbocycles. The maximum absolute atomic E-state index is 12.3. The van der Waals surface area contributed by atoms with Crippen LogP contribution in [-0.4, -0.2) is 13.4 Å². The fraction of sp³-hybridized carbons (Fsp3) is 0.267. The van der Waals surface area contributed by atoms with Crippen LogP contribution in [0, 0.1) is 6.92 Å². The molecule has 1 heterocycles. The topological polar surface area (TPSA) is 59.1 Å². The van der Waals surface area contributed by atoms with E-state index in [1.807, 2.05) is 12.1 Å². The molecule has 0 aliphatic rings. The number of aromatic nitrogens is 1. The van der Waals surface area contributed by atoms with E-state index in [0.717, 1.165) is 5.56 Å². The maximum Gasteiger partial charge on any atom is 0.261 e. The lowest BCUT2D eigenvalue weighted by atomic mass is 10.0. The minimum atomic E-state index is -3.62. The highest BCUT2D eigenvalue weighted by Crippen LogP contribution is 2.22. The van der Waals surface area contributed by atoms with Gasteiger partial charge in [-0.25, -0.2) is 13.4 Å². The van der Waals surface area contributed by atoms with E-state index in [1.165, 1.54) is 0 Å². The van der Waals surface area contributed by atoms with Crippen molar-refractivity contribution in [1.82, 2.24) is 4.98 Å². The van der Waals surface area contributed by atoms with E-state index in [9.17, 15) is 8.42 Å². The van der Waals surface area contributed by atoms with Crippen LogP contribution in [0.15, 0.2) is 41.3 Å². The first-order chi connectivity index (χ1) is 9.79. The third-order valence-electron chi connectivity index (χ3n) is 3.15. The second-order valence-electron chi connectivity index (χ2n) is 5.10. The summed E-state index contributed by atoms with van der Waals surface area (Å²) in [6.07, 6.45) is 0. The van der Waals surface area contributed by atoms with Gasteiger partial charge >= 0.3 is 0 Å². The summed E-state index contributed by atoms with van der Waals surface area (Å²) in [6.45, 7) is 5.82. The summed E-state index contributed by atoms with van der Waals surface area (Å²) < 4.78 is 27.2. The van der Waals surface area contributed by atoms with Crippen LogP contribution in [-0.2, 0) is 10.0 Å². The number of halogens is 1. The lowest BCUT2D eigenvalue weighted by Gasteiger charge is -2.11. The molecule has 1 N–H and O–H groups in total. The van der Waals surface area contributed by atoms with Gasteiger partial charge in [-0.05, 0) is 42.7 Å². The third-order valence-corrected chi connectivity index (χ3v) is 4.75. The number of rotatable bonds is 4. The average Bonchev–Trinajstić information content (AvgIpc) is 2.42. The second kappa shape index (κ2) is 6.03. The van der Waals surface area contributed by atoms with Crippen LogP contribution in [0.25, 0.3) is 0 Å². The zero-order valence-corrected chi connectivity index (χ0v) is 13.7. The molecule has 6 heteroatoms. The first-order valence-electron chi connectivity index (χ1n) is 6.55. The minimum absolute atomic E-state index is 0.223. The molecular weight excluding hydrogens is 308 g/mol. The van der Waals surface area contributed by atoms with Crippen molar-refractivity contribution >= 4 is 27.3 Å². The Morgan fingerprint density at radius 2 is 1.71 bits per heavy atom. The molecule has 0 bridgehead atoms. The van der Waals surface area contributed by atoms with E-state index < -0.39 is 10.0 Å². The molecule has 0 fully saturated rings. The fourth-order valence-electron chi connectivity index (χ4n) is 1.87. The van der Waals surface area contributed by atoms with Gasteiger partial charge in [-0.1, -0.05) is 37.6 Å². The molecule has 0 saturated carbocycles. The van der Waals surface area contributed by atoms with Crippen LogP contribution >= 0.6 is 11.6 Å². The van der Waals surface area contributed by atoms with Crippen LogP contribution in [0.2, 0.25) is 5.15 Å². The van der Waals surface area contributed by atoms with E-state index in [4.69, 9.17) is 11.6 Å². The van der Waals surface area contributed by atoms with Gasteiger partial charge in [0.2, 0.25) is 0 Å². The smallest absolute Gasteiger partial charge is 0.261 e. The SMILES string of the molecule is Cc1nc(Cl)ccc1NS(=O)(=O)c1ccc(C(C)C)cc1. The molecule has 0 unspecified atom stereocenters.